The molecule has 0 aromatic rings. The Morgan fingerprint density at radius 3 is 2.40 bits per heavy atom. The van der Waals surface area contributed by atoms with Gasteiger partial charge >= 0.3 is 11.9 Å². The number of aliphatic hydroxyl groups excluding tert-OH is 4. The number of carbonyl (C=O) groups is 3. The van der Waals surface area contributed by atoms with Crippen LogP contribution in [0.3, 0.4) is 0 Å². The second-order valence-corrected chi connectivity index (χ2v) is 5.50. The molecule has 0 bridgehead atoms. The molecule has 0 fully saturated rings. The van der Waals surface area contributed by atoms with Crippen molar-refractivity contribution in [3.05, 3.63) is 11.8 Å². The van der Waals surface area contributed by atoms with Crippen LogP contribution in [-0.4, -0.2) is 86.5 Å². The summed E-state index contributed by atoms with van der Waals surface area (Å²) in [6.45, 7) is 1.55. The molecule has 6 atom stereocenters. The molecule has 1 heterocycles. The number of aliphatic hydroxyl groups is 4. The van der Waals surface area contributed by atoms with Crippen LogP contribution in [0, 0.1) is 0 Å². The summed E-state index contributed by atoms with van der Waals surface area (Å²) in [6.07, 6.45) is -7.19. The molecule has 25 heavy (non-hydrogen) atoms. The monoisotopic (exact) mass is 363 g/mol. The molecule has 0 aliphatic carbocycles. The maximum Gasteiger partial charge on any atom is 0.370 e. The summed E-state index contributed by atoms with van der Waals surface area (Å²) in [5, 5.41) is 50.3. The van der Waals surface area contributed by atoms with Gasteiger partial charge in [-0.2, -0.15) is 0 Å². The fourth-order valence-electron chi connectivity index (χ4n) is 2.12. The third kappa shape index (κ3) is 5.67. The molecule has 0 radical (unpaired) electrons. The van der Waals surface area contributed by atoms with E-state index < -0.39 is 66.8 Å². The molecule has 0 saturated carbocycles. The molecule has 0 aromatic heterocycles. The van der Waals surface area contributed by atoms with Crippen LogP contribution in [0.1, 0.15) is 13.8 Å². The van der Waals surface area contributed by atoms with Crippen molar-refractivity contribution in [3.63, 3.8) is 0 Å². The lowest BCUT2D eigenvalue weighted by Gasteiger charge is -2.38. The van der Waals surface area contributed by atoms with Crippen LogP contribution >= 0.6 is 0 Å². The third-order valence-electron chi connectivity index (χ3n) is 3.36. The van der Waals surface area contributed by atoms with Gasteiger partial charge in [0.15, 0.2) is 6.10 Å². The van der Waals surface area contributed by atoms with Gasteiger partial charge in [0.1, 0.15) is 31.0 Å². The average Bonchev–Trinajstić information content (AvgIpc) is 2.52. The first-order chi connectivity index (χ1) is 11.5. The van der Waals surface area contributed by atoms with Gasteiger partial charge in [-0.15, -0.1) is 0 Å². The second-order valence-electron chi connectivity index (χ2n) is 5.50. The molecule has 1 aliphatic heterocycles. The summed E-state index contributed by atoms with van der Waals surface area (Å²) in [6, 6.07) is -1.25. The second kappa shape index (κ2) is 8.76. The Labute approximate surface area is 142 Å². The van der Waals surface area contributed by atoms with Crippen molar-refractivity contribution in [2.24, 2.45) is 0 Å². The molecular weight excluding hydrogens is 342 g/mol. The van der Waals surface area contributed by atoms with E-state index in [0.717, 1.165) is 19.9 Å². The predicted molar refractivity (Wildman–Crippen MR) is 78.9 cm³/mol. The summed E-state index contributed by atoms with van der Waals surface area (Å²) in [5.74, 6) is -3.83. The molecule has 142 valence electrons. The van der Waals surface area contributed by atoms with Crippen molar-refractivity contribution in [2.45, 2.75) is 50.4 Å². The Hall–Kier alpha value is -2.21. The molecule has 1 aliphatic rings. The van der Waals surface area contributed by atoms with Crippen molar-refractivity contribution in [1.82, 2.24) is 5.32 Å². The first kappa shape index (κ1) is 20.8. The fourth-order valence-corrected chi connectivity index (χ4v) is 2.12. The van der Waals surface area contributed by atoms with E-state index in [9.17, 15) is 29.7 Å². The lowest BCUT2D eigenvalue weighted by Crippen LogP contribution is -2.60. The normalized spacial score (nSPS) is 26.5. The highest BCUT2D eigenvalue weighted by atomic mass is 16.6. The summed E-state index contributed by atoms with van der Waals surface area (Å²) < 4.78 is 9.62. The minimum absolute atomic E-state index is 0.591. The lowest BCUT2D eigenvalue weighted by atomic mass is 9.94. The molecule has 0 aromatic carbocycles. The number of rotatable bonds is 7. The highest BCUT2D eigenvalue weighted by Gasteiger charge is 2.43. The van der Waals surface area contributed by atoms with E-state index in [0.29, 0.717) is 0 Å². The largest absolute Gasteiger partial charge is 0.478 e. The van der Waals surface area contributed by atoms with Gasteiger partial charge in [-0.25, -0.2) is 9.59 Å². The molecule has 0 unspecified atom stereocenters. The van der Waals surface area contributed by atoms with E-state index in [4.69, 9.17) is 14.9 Å². The van der Waals surface area contributed by atoms with Crippen LogP contribution in [0.25, 0.3) is 0 Å². The number of amides is 1. The van der Waals surface area contributed by atoms with Gasteiger partial charge in [-0.05, 0) is 13.0 Å². The number of carbonyl (C=O) groups excluding carboxylic acids is 2. The van der Waals surface area contributed by atoms with E-state index in [1.165, 1.54) is 0 Å². The van der Waals surface area contributed by atoms with E-state index in [-0.39, 0.29) is 0 Å². The zero-order valence-corrected chi connectivity index (χ0v) is 13.5. The first-order valence-corrected chi connectivity index (χ1v) is 7.32. The number of hydrogen-bond acceptors (Lipinski definition) is 9. The number of ether oxygens (including phenoxy) is 2. The Morgan fingerprint density at radius 2 is 1.92 bits per heavy atom. The number of hydrogen-bond donors (Lipinski definition) is 6. The van der Waals surface area contributed by atoms with Gasteiger partial charge < -0.3 is 40.3 Å². The summed E-state index contributed by atoms with van der Waals surface area (Å²) in [5.41, 5.74) is 0. The zero-order valence-electron chi connectivity index (χ0n) is 13.5. The Bertz CT molecular complexity index is 546. The third-order valence-corrected chi connectivity index (χ3v) is 3.36. The topological polar surface area (TPSA) is 183 Å². The van der Waals surface area contributed by atoms with Gasteiger partial charge in [-0.3, -0.25) is 4.79 Å². The van der Waals surface area contributed by atoms with Crippen molar-refractivity contribution in [3.8, 4) is 0 Å². The molecule has 1 amide bonds. The molecule has 0 saturated heterocycles. The van der Waals surface area contributed by atoms with Crippen molar-refractivity contribution in [1.29, 1.82) is 0 Å². The SMILES string of the molecule is CC(=O)N[C@H]1[C@H]([C@H](O)[C@H](O)COC(=O)[C@H](C)O)OC(C(=O)O)=C[C@@H]1O. The molecule has 11 heteroatoms. The van der Waals surface area contributed by atoms with E-state index >= 15 is 0 Å². The smallest absolute Gasteiger partial charge is 0.370 e. The zero-order chi connectivity index (χ0) is 19.3. The van der Waals surface area contributed by atoms with Crippen LogP contribution < -0.4 is 5.32 Å². The minimum atomic E-state index is -1.82. The van der Waals surface area contributed by atoms with Gasteiger partial charge in [0.05, 0.1) is 6.04 Å². The lowest BCUT2D eigenvalue weighted by molar-refractivity contribution is -0.164. The minimum Gasteiger partial charge on any atom is -0.478 e. The number of nitrogens with one attached hydrogen (secondary N) is 1. The number of carboxylic acid groups (broad SMARTS) is 1. The van der Waals surface area contributed by atoms with Crippen LogP contribution in [0.2, 0.25) is 0 Å². The Kier molecular flexibility index (Phi) is 7.30. The highest BCUT2D eigenvalue weighted by molar-refractivity contribution is 5.84. The Morgan fingerprint density at radius 1 is 1.32 bits per heavy atom. The number of carboxylic acids is 1. The molecular formula is C14H21NO10. The van der Waals surface area contributed by atoms with Crippen LogP contribution in [-0.2, 0) is 23.9 Å². The fraction of sp³-hybridized carbons (Fsp3) is 0.643. The van der Waals surface area contributed by atoms with Gasteiger partial charge in [-0.1, -0.05) is 0 Å². The maximum atomic E-state index is 11.2. The highest BCUT2D eigenvalue weighted by Crippen LogP contribution is 2.23. The summed E-state index contributed by atoms with van der Waals surface area (Å²) in [4.78, 5) is 33.4. The summed E-state index contributed by atoms with van der Waals surface area (Å²) in [7, 11) is 0. The average molecular weight is 363 g/mol. The number of aliphatic carboxylic acids is 1. The van der Waals surface area contributed by atoms with Crippen molar-refractivity contribution < 1.29 is 49.4 Å². The molecule has 6 N–H and O–H groups in total. The van der Waals surface area contributed by atoms with Crippen molar-refractivity contribution >= 4 is 17.8 Å². The van der Waals surface area contributed by atoms with Crippen LogP contribution in [0.15, 0.2) is 11.8 Å². The van der Waals surface area contributed by atoms with E-state index in [2.05, 4.69) is 10.1 Å². The molecule has 1 rings (SSSR count). The van der Waals surface area contributed by atoms with Crippen molar-refractivity contribution in [2.75, 3.05) is 6.61 Å². The van der Waals surface area contributed by atoms with E-state index in [1.54, 1.807) is 0 Å². The van der Waals surface area contributed by atoms with Crippen LogP contribution in [0.5, 0.6) is 0 Å². The quantitative estimate of drug-likeness (QED) is 0.253. The Balaban J connectivity index is 2.91. The first-order valence-electron chi connectivity index (χ1n) is 7.32. The predicted octanol–water partition coefficient (Wildman–Crippen LogP) is -3.13. The maximum absolute atomic E-state index is 11.2. The van der Waals surface area contributed by atoms with Gasteiger partial charge in [0.25, 0.3) is 0 Å². The van der Waals surface area contributed by atoms with E-state index in [1.807, 2.05) is 0 Å². The van der Waals surface area contributed by atoms with Gasteiger partial charge in [0.2, 0.25) is 11.7 Å². The molecule has 11 nitrogen and oxygen atoms in total. The standard InChI is InChI=1S/C14H21NO10/c1-5(16)14(23)24-4-8(19)11(20)12-10(15-6(2)17)7(18)3-9(25-12)13(21)22/h3,5,7-8,10-12,16,18-20H,4H2,1-2H3,(H,15,17)(H,21,22)/t5-,7-,8+,10+,11+,12+/m0/s1. The summed E-state index contributed by atoms with van der Waals surface area (Å²) >= 11 is 0. The number of esters is 1. The van der Waals surface area contributed by atoms with Gasteiger partial charge in [0, 0.05) is 6.92 Å². The van der Waals surface area contributed by atoms with Crippen LogP contribution in [0.4, 0.5) is 0 Å². The molecule has 0 spiro atoms.